The van der Waals surface area contributed by atoms with Gasteiger partial charge >= 0.3 is 0 Å². The molecule has 0 saturated carbocycles. The van der Waals surface area contributed by atoms with E-state index >= 15 is 0 Å². The summed E-state index contributed by atoms with van der Waals surface area (Å²) in [4.78, 5) is 28.2. The summed E-state index contributed by atoms with van der Waals surface area (Å²) in [6.45, 7) is 4.91. The number of carbonyl (C=O) groups is 1. The van der Waals surface area contributed by atoms with E-state index in [4.69, 9.17) is 9.47 Å². The predicted octanol–water partition coefficient (Wildman–Crippen LogP) is 2.06. The Balaban J connectivity index is 1.40. The van der Waals surface area contributed by atoms with Gasteiger partial charge < -0.3 is 24.2 Å². The van der Waals surface area contributed by atoms with E-state index in [1.54, 1.807) is 38.7 Å². The van der Waals surface area contributed by atoms with E-state index in [0.29, 0.717) is 30.2 Å². The second-order valence-electron chi connectivity index (χ2n) is 7.28. The van der Waals surface area contributed by atoms with Crippen molar-refractivity contribution in [3.63, 3.8) is 0 Å². The third-order valence-corrected chi connectivity index (χ3v) is 5.59. The largest absolute Gasteiger partial charge is 0.493 e. The first kappa shape index (κ1) is 19.3. The van der Waals surface area contributed by atoms with Crippen molar-refractivity contribution in [2.75, 3.05) is 63.3 Å². The summed E-state index contributed by atoms with van der Waals surface area (Å²) < 4.78 is 10.6. The highest BCUT2D eigenvalue weighted by atomic mass is 16.5. The van der Waals surface area contributed by atoms with Crippen LogP contribution in [0.15, 0.2) is 30.6 Å². The van der Waals surface area contributed by atoms with Gasteiger partial charge in [-0.15, -0.1) is 0 Å². The molecule has 0 bridgehead atoms. The van der Waals surface area contributed by atoms with Gasteiger partial charge in [0.25, 0.3) is 5.91 Å². The number of benzene rings is 1. The van der Waals surface area contributed by atoms with Crippen LogP contribution < -0.4 is 19.3 Å². The number of methoxy groups -OCH3 is 2. The summed E-state index contributed by atoms with van der Waals surface area (Å²) in [5, 5.41) is 0. The zero-order chi connectivity index (χ0) is 20.2. The number of rotatable bonds is 5. The van der Waals surface area contributed by atoms with Gasteiger partial charge in [0.1, 0.15) is 18.0 Å². The maximum atomic E-state index is 12.9. The van der Waals surface area contributed by atoms with Crippen LogP contribution in [0.5, 0.6) is 11.5 Å². The van der Waals surface area contributed by atoms with Crippen LogP contribution in [0.25, 0.3) is 0 Å². The Morgan fingerprint density at radius 1 is 0.828 bits per heavy atom. The summed E-state index contributed by atoms with van der Waals surface area (Å²) in [6, 6.07) is 7.35. The fourth-order valence-corrected chi connectivity index (χ4v) is 3.92. The second kappa shape index (κ2) is 8.55. The zero-order valence-corrected chi connectivity index (χ0v) is 17.0. The molecule has 0 N–H and O–H groups in total. The third-order valence-electron chi connectivity index (χ3n) is 5.59. The molecule has 0 spiro atoms. The smallest absolute Gasteiger partial charge is 0.254 e. The van der Waals surface area contributed by atoms with Crippen molar-refractivity contribution >= 4 is 17.5 Å². The molecule has 29 heavy (non-hydrogen) atoms. The summed E-state index contributed by atoms with van der Waals surface area (Å²) in [5.41, 5.74) is 0.606. The molecule has 1 aromatic heterocycles. The fraction of sp³-hybridized carbons (Fsp3) is 0.476. The van der Waals surface area contributed by atoms with Crippen molar-refractivity contribution in [1.82, 2.24) is 14.9 Å². The van der Waals surface area contributed by atoms with Gasteiger partial charge in [-0.3, -0.25) is 4.79 Å². The van der Waals surface area contributed by atoms with Crippen LogP contribution in [0.2, 0.25) is 0 Å². The monoisotopic (exact) mass is 397 g/mol. The molecule has 154 valence electrons. The molecule has 8 nitrogen and oxygen atoms in total. The third kappa shape index (κ3) is 4.06. The van der Waals surface area contributed by atoms with E-state index < -0.39 is 0 Å². The average molecular weight is 397 g/mol. The van der Waals surface area contributed by atoms with Gasteiger partial charge in [-0.05, 0) is 31.0 Å². The number of piperazine rings is 1. The minimum atomic E-state index is 0.00560. The molecule has 2 fully saturated rings. The molecular weight excluding hydrogens is 370 g/mol. The van der Waals surface area contributed by atoms with E-state index in [9.17, 15) is 4.79 Å². The second-order valence-corrected chi connectivity index (χ2v) is 7.28. The fourth-order valence-electron chi connectivity index (χ4n) is 3.92. The number of amides is 1. The van der Waals surface area contributed by atoms with E-state index in [-0.39, 0.29) is 5.91 Å². The first-order valence-corrected chi connectivity index (χ1v) is 10.0. The zero-order valence-electron chi connectivity index (χ0n) is 17.0. The topological polar surface area (TPSA) is 71.0 Å². The van der Waals surface area contributed by atoms with Crippen molar-refractivity contribution in [3.05, 3.63) is 36.2 Å². The maximum absolute atomic E-state index is 12.9. The molecule has 0 unspecified atom stereocenters. The van der Waals surface area contributed by atoms with Crippen LogP contribution in [-0.4, -0.2) is 74.3 Å². The molecule has 0 aliphatic carbocycles. The van der Waals surface area contributed by atoms with Crippen LogP contribution in [0.3, 0.4) is 0 Å². The van der Waals surface area contributed by atoms with Crippen molar-refractivity contribution in [2.45, 2.75) is 12.8 Å². The van der Waals surface area contributed by atoms with E-state index in [2.05, 4.69) is 25.8 Å². The number of nitrogens with zero attached hydrogens (tertiary/aromatic N) is 5. The lowest BCUT2D eigenvalue weighted by Gasteiger charge is -2.35. The lowest BCUT2D eigenvalue weighted by molar-refractivity contribution is 0.0746. The molecule has 8 heteroatoms. The van der Waals surface area contributed by atoms with Crippen LogP contribution in [0, 0.1) is 0 Å². The van der Waals surface area contributed by atoms with Gasteiger partial charge in [0.15, 0.2) is 11.5 Å². The molecular formula is C21H27N5O3. The highest BCUT2D eigenvalue weighted by Crippen LogP contribution is 2.28. The molecule has 1 amide bonds. The first-order chi connectivity index (χ1) is 14.2. The lowest BCUT2D eigenvalue weighted by Crippen LogP contribution is -2.49. The highest BCUT2D eigenvalue weighted by molar-refractivity contribution is 5.95. The van der Waals surface area contributed by atoms with Crippen LogP contribution in [-0.2, 0) is 0 Å². The molecule has 3 heterocycles. The van der Waals surface area contributed by atoms with Crippen LogP contribution in [0.4, 0.5) is 11.6 Å². The molecule has 4 rings (SSSR count). The quantitative estimate of drug-likeness (QED) is 0.765. The van der Waals surface area contributed by atoms with Gasteiger partial charge in [0, 0.05) is 50.9 Å². The standard InChI is InChI=1S/C21H27N5O3/c1-28-17-6-5-16(13-18(17)29-2)21(27)26-11-9-25(10-12-26)20-14-19(22-15-23-20)24-7-3-4-8-24/h5-6,13-15H,3-4,7-12H2,1-2H3. The lowest BCUT2D eigenvalue weighted by atomic mass is 10.1. The van der Waals surface area contributed by atoms with Crippen LogP contribution in [0.1, 0.15) is 23.2 Å². The number of hydrogen-bond acceptors (Lipinski definition) is 7. The molecule has 2 saturated heterocycles. The van der Waals surface area contributed by atoms with Crippen molar-refractivity contribution < 1.29 is 14.3 Å². The number of ether oxygens (including phenoxy) is 2. The van der Waals surface area contributed by atoms with Crippen molar-refractivity contribution in [2.24, 2.45) is 0 Å². The Morgan fingerprint density at radius 2 is 1.45 bits per heavy atom. The molecule has 0 radical (unpaired) electrons. The van der Waals surface area contributed by atoms with Gasteiger partial charge in [0.2, 0.25) is 0 Å². The Morgan fingerprint density at radius 3 is 2.07 bits per heavy atom. The SMILES string of the molecule is COc1ccc(C(=O)N2CCN(c3cc(N4CCCC4)ncn3)CC2)cc1OC. The average Bonchev–Trinajstić information content (AvgIpc) is 3.33. The summed E-state index contributed by atoms with van der Waals surface area (Å²) >= 11 is 0. The summed E-state index contributed by atoms with van der Waals surface area (Å²) in [5.74, 6) is 3.11. The molecule has 2 aliphatic rings. The van der Waals surface area contributed by atoms with Gasteiger partial charge in [-0.25, -0.2) is 9.97 Å². The Bertz CT molecular complexity index is 861. The van der Waals surface area contributed by atoms with Gasteiger partial charge in [-0.1, -0.05) is 0 Å². The van der Waals surface area contributed by atoms with E-state index in [0.717, 1.165) is 37.8 Å². The summed E-state index contributed by atoms with van der Waals surface area (Å²) in [7, 11) is 3.16. The number of aromatic nitrogens is 2. The van der Waals surface area contributed by atoms with E-state index in [1.807, 2.05) is 4.90 Å². The number of anilines is 2. The van der Waals surface area contributed by atoms with Crippen molar-refractivity contribution in [3.8, 4) is 11.5 Å². The van der Waals surface area contributed by atoms with Crippen LogP contribution >= 0.6 is 0 Å². The first-order valence-electron chi connectivity index (χ1n) is 10.0. The number of hydrogen-bond donors (Lipinski definition) is 0. The minimum absolute atomic E-state index is 0.00560. The predicted molar refractivity (Wildman–Crippen MR) is 111 cm³/mol. The van der Waals surface area contributed by atoms with Gasteiger partial charge in [-0.2, -0.15) is 0 Å². The minimum Gasteiger partial charge on any atom is -0.493 e. The van der Waals surface area contributed by atoms with Gasteiger partial charge in [0.05, 0.1) is 14.2 Å². The normalized spacial score (nSPS) is 16.8. The molecule has 2 aromatic rings. The maximum Gasteiger partial charge on any atom is 0.254 e. The molecule has 0 atom stereocenters. The Labute approximate surface area is 171 Å². The Kier molecular flexibility index (Phi) is 5.69. The Hall–Kier alpha value is -3.03. The molecule has 2 aliphatic heterocycles. The highest BCUT2D eigenvalue weighted by Gasteiger charge is 2.24. The summed E-state index contributed by atoms with van der Waals surface area (Å²) in [6.07, 6.45) is 4.08. The molecule has 1 aromatic carbocycles. The number of carbonyl (C=O) groups excluding carboxylic acids is 1. The van der Waals surface area contributed by atoms with Crippen molar-refractivity contribution in [1.29, 1.82) is 0 Å². The van der Waals surface area contributed by atoms with E-state index in [1.165, 1.54) is 12.8 Å².